The van der Waals surface area contributed by atoms with E-state index in [0.29, 0.717) is 12.0 Å². The Hall–Kier alpha value is -1.59. The van der Waals surface area contributed by atoms with Crippen LogP contribution in [0.2, 0.25) is 0 Å². The summed E-state index contributed by atoms with van der Waals surface area (Å²) in [5, 5.41) is 3.00. The summed E-state index contributed by atoms with van der Waals surface area (Å²) >= 11 is 0. The van der Waals surface area contributed by atoms with Crippen molar-refractivity contribution < 1.29 is 14.3 Å². The van der Waals surface area contributed by atoms with Crippen molar-refractivity contribution >= 4 is 11.6 Å². The zero-order chi connectivity index (χ0) is 19.3. The second-order valence-corrected chi connectivity index (χ2v) is 8.78. The molecule has 150 valence electrons. The minimum atomic E-state index is 0.00591. The molecule has 0 aromatic heterocycles. The highest BCUT2D eigenvalue weighted by Crippen LogP contribution is 2.46. The summed E-state index contributed by atoms with van der Waals surface area (Å²) in [4.78, 5) is 14.6. The van der Waals surface area contributed by atoms with E-state index in [4.69, 9.17) is 9.47 Å². The molecule has 0 saturated carbocycles. The molecule has 1 aromatic carbocycles. The average molecular weight is 375 g/mol. The third kappa shape index (κ3) is 5.69. The van der Waals surface area contributed by atoms with Crippen molar-refractivity contribution in [2.75, 3.05) is 38.2 Å². The standard InChI is InChI=1S/C22H34N2O3/c1-4-5-14-26-19-8-6-18(7-9-19)23-20(25)15-24-12-10-22(11-13-24)16-21(2,3)27-17-22/h6-9H,4-5,10-17H2,1-3H3,(H,23,25). The van der Waals surface area contributed by atoms with E-state index < -0.39 is 0 Å². The number of nitrogens with zero attached hydrogens (tertiary/aromatic N) is 1. The fourth-order valence-corrected chi connectivity index (χ4v) is 4.23. The van der Waals surface area contributed by atoms with Crippen molar-refractivity contribution in [1.82, 2.24) is 4.90 Å². The molecule has 2 heterocycles. The minimum Gasteiger partial charge on any atom is -0.494 e. The van der Waals surface area contributed by atoms with Gasteiger partial charge in [0.25, 0.3) is 0 Å². The number of carbonyl (C=O) groups excluding carboxylic acids is 1. The molecule has 1 spiro atoms. The van der Waals surface area contributed by atoms with Crippen LogP contribution in [0.3, 0.4) is 0 Å². The Morgan fingerprint density at radius 3 is 2.52 bits per heavy atom. The van der Waals surface area contributed by atoms with Gasteiger partial charge in [0.2, 0.25) is 5.91 Å². The highest BCUT2D eigenvalue weighted by atomic mass is 16.5. The molecule has 2 aliphatic rings. The summed E-state index contributed by atoms with van der Waals surface area (Å²) in [6.07, 6.45) is 5.55. The maximum Gasteiger partial charge on any atom is 0.238 e. The van der Waals surface area contributed by atoms with Crippen molar-refractivity contribution in [1.29, 1.82) is 0 Å². The van der Waals surface area contributed by atoms with Crippen LogP contribution in [0.1, 0.15) is 52.9 Å². The van der Waals surface area contributed by atoms with Crippen molar-refractivity contribution in [2.24, 2.45) is 5.41 Å². The number of anilines is 1. The molecule has 0 bridgehead atoms. The van der Waals surface area contributed by atoms with Gasteiger partial charge < -0.3 is 14.8 Å². The first-order chi connectivity index (χ1) is 12.9. The molecule has 2 fully saturated rings. The number of rotatable bonds is 7. The predicted molar refractivity (Wildman–Crippen MR) is 108 cm³/mol. The number of nitrogens with one attached hydrogen (secondary N) is 1. The Balaban J connectivity index is 1.41. The van der Waals surface area contributed by atoms with Crippen LogP contribution >= 0.6 is 0 Å². The van der Waals surface area contributed by atoms with Crippen LogP contribution in [-0.2, 0) is 9.53 Å². The fourth-order valence-electron chi connectivity index (χ4n) is 4.23. The number of carbonyl (C=O) groups is 1. The van der Waals surface area contributed by atoms with E-state index in [2.05, 4.69) is 31.0 Å². The SMILES string of the molecule is CCCCOc1ccc(NC(=O)CN2CCC3(CC2)COC(C)(C)C3)cc1. The first kappa shape index (κ1) is 20.2. The normalized spacial score (nSPS) is 21.3. The summed E-state index contributed by atoms with van der Waals surface area (Å²) in [5.74, 6) is 0.901. The van der Waals surface area contributed by atoms with Gasteiger partial charge in [0.05, 0.1) is 25.4 Å². The van der Waals surface area contributed by atoms with E-state index in [-0.39, 0.29) is 11.5 Å². The average Bonchev–Trinajstić information content (AvgIpc) is 2.93. The van der Waals surface area contributed by atoms with E-state index in [1.165, 1.54) is 0 Å². The molecule has 0 unspecified atom stereocenters. The molecule has 0 aliphatic carbocycles. The van der Waals surface area contributed by atoms with Crippen molar-refractivity contribution in [3.05, 3.63) is 24.3 Å². The highest BCUT2D eigenvalue weighted by Gasteiger charge is 2.45. The van der Waals surface area contributed by atoms with Crippen LogP contribution < -0.4 is 10.1 Å². The van der Waals surface area contributed by atoms with Crippen molar-refractivity contribution in [3.8, 4) is 5.75 Å². The molecule has 2 aliphatic heterocycles. The molecule has 1 N–H and O–H groups in total. The number of hydrogen-bond acceptors (Lipinski definition) is 4. The van der Waals surface area contributed by atoms with Crippen LogP contribution in [0, 0.1) is 5.41 Å². The first-order valence-corrected chi connectivity index (χ1v) is 10.3. The van der Waals surface area contributed by atoms with E-state index in [0.717, 1.165) is 69.8 Å². The van der Waals surface area contributed by atoms with Gasteiger partial charge in [-0.1, -0.05) is 13.3 Å². The second kappa shape index (κ2) is 8.61. The lowest BCUT2D eigenvalue weighted by molar-refractivity contribution is -0.117. The Morgan fingerprint density at radius 1 is 1.22 bits per heavy atom. The number of ether oxygens (including phenoxy) is 2. The van der Waals surface area contributed by atoms with Gasteiger partial charge in [0.15, 0.2) is 0 Å². The third-order valence-electron chi connectivity index (χ3n) is 5.76. The van der Waals surface area contributed by atoms with E-state index >= 15 is 0 Å². The molecule has 1 amide bonds. The van der Waals surface area contributed by atoms with Crippen LogP contribution in [0.25, 0.3) is 0 Å². The summed E-state index contributed by atoms with van der Waals surface area (Å²) in [6.45, 7) is 10.5. The summed E-state index contributed by atoms with van der Waals surface area (Å²) < 4.78 is 11.6. The lowest BCUT2D eigenvalue weighted by Gasteiger charge is -2.38. The molecule has 3 rings (SSSR count). The lowest BCUT2D eigenvalue weighted by Crippen LogP contribution is -2.44. The number of likely N-dealkylation sites (tertiary alicyclic amines) is 1. The number of amides is 1. The van der Waals surface area contributed by atoms with Gasteiger partial charge in [-0.25, -0.2) is 0 Å². The Kier molecular flexibility index (Phi) is 6.43. The molecule has 5 heteroatoms. The van der Waals surface area contributed by atoms with Crippen LogP contribution in [0.5, 0.6) is 5.75 Å². The van der Waals surface area contributed by atoms with Crippen molar-refractivity contribution in [2.45, 2.75) is 58.5 Å². The van der Waals surface area contributed by atoms with Gasteiger partial charge in [-0.05, 0) is 82.3 Å². The van der Waals surface area contributed by atoms with Crippen molar-refractivity contribution in [3.63, 3.8) is 0 Å². The Labute approximate surface area is 163 Å². The van der Waals surface area contributed by atoms with Gasteiger partial charge >= 0.3 is 0 Å². The first-order valence-electron chi connectivity index (χ1n) is 10.3. The fraction of sp³-hybridized carbons (Fsp3) is 0.682. The lowest BCUT2D eigenvalue weighted by atomic mass is 9.74. The molecule has 0 atom stereocenters. The predicted octanol–water partition coefficient (Wildman–Crippen LogP) is 4.09. The van der Waals surface area contributed by atoms with Crippen LogP contribution in [0.15, 0.2) is 24.3 Å². The topological polar surface area (TPSA) is 50.8 Å². The monoisotopic (exact) mass is 374 g/mol. The highest BCUT2D eigenvalue weighted by molar-refractivity contribution is 5.92. The quantitative estimate of drug-likeness (QED) is 0.731. The molecule has 0 radical (unpaired) electrons. The summed E-state index contributed by atoms with van der Waals surface area (Å²) in [5.41, 5.74) is 1.15. The van der Waals surface area contributed by atoms with E-state index in [9.17, 15) is 4.79 Å². The van der Waals surface area contributed by atoms with Crippen LogP contribution in [-0.4, -0.2) is 49.3 Å². The second-order valence-electron chi connectivity index (χ2n) is 8.78. The molecular weight excluding hydrogens is 340 g/mol. The van der Waals surface area contributed by atoms with Gasteiger partial charge in [-0.3, -0.25) is 9.69 Å². The zero-order valence-corrected chi connectivity index (χ0v) is 17.1. The number of piperidine rings is 1. The van der Waals surface area contributed by atoms with Gasteiger partial charge in [-0.2, -0.15) is 0 Å². The molecule has 5 nitrogen and oxygen atoms in total. The Bertz CT molecular complexity index is 619. The summed E-state index contributed by atoms with van der Waals surface area (Å²) in [7, 11) is 0. The van der Waals surface area contributed by atoms with Gasteiger partial charge in [0.1, 0.15) is 5.75 Å². The van der Waals surface area contributed by atoms with Gasteiger partial charge in [-0.15, -0.1) is 0 Å². The smallest absolute Gasteiger partial charge is 0.238 e. The third-order valence-corrected chi connectivity index (χ3v) is 5.76. The molecule has 27 heavy (non-hydrogen) atoms. The molecular formula is C22H34N2O3. The largest absolute Gasteiger partial charge is 0.494 e. The van der Waals surface area contributed by atoms with E-state index in [1.54, 1.807) is 0 Å². The van der Waals surface area contributed by atoms with Crippen LogP contribution in [0.4, 0.5) is 5.69 Å². The maximum atomic E-state index is 12.4. The number of unbranched alkanes of at least 4 members (excludes halogenated alkanes) is 1. The number of hydrogen-bond donors (Lipinski definition) is 1. The maximum absolute atomic E-state index is 12.4. The minimum absolute atomic E-state index is 0.00591. The molecule has 1 aromatic rings. The Morgan fingerprint density at radius 2 is 1.93 bits per heavy atom. The zero-order valence-electron chi connectivity index (χ0n) is 17.1. The number of benzene rings is 1. The van der Waals surface area contributed by atoms with E-state index in [1.807, 2.05) is 24.3 Å². The summed E-state index contributed by atoms with van der Waals surface area (Å²) in [6, 6.07) is 7.64. The molecule has 2 saturated heterocycles. The van der Waals surface area contributed by atoms with Gasteiger partial charge in [0, 0.05) is 5.69 Å².